The van der Waals surface area contributed by atoms with Gasteiger partial charge in [0.15, 0.2) is 0 Å². The molecular formula is C74H54N2. The highest BCUT2D eigenvalue weighted by Gasteiger charge is 2.38. The summed E-state index contributed by atoms with van der Waals surface area (Å²) in [5, 5.41) is 7.23. The van der Waals surface area contributed by atoms with E-state index >= 15 is 0 Å². The Balaban J connectivity index is 1.07. The van der Waals surface area contributed by atoms with E-state index in [9.17, 15) is 0 Å². The van der Waals surface area contributed by atoms with Crippen LogP contribution in [0.4, 0.5) is 34.1 Å². The Kier molecular flexibility index (Phi) is 9.54. The fourth-order valence-corrected chi connectivity index (χ4v) is 13.7. The lowest BCUT2D eigenvalue weighted by Crippen LogP contribution is -2.30. The maximum Gasteiger partial charge on any atom is 0.0540 e. The second-order valence-corrected chi connectivity index (χ2v) is 22.1. The van der Waals surface area contributed by atoms with Crippen LogP contribution >= 0.6 is 0 Å². The van der Waals surface area contributed by atoms with Crippen LogP contribution in [0.5, 0.6) is 0 Å². The molecule has 0 N–H and O–H groups in total. The zero-order valence-corrected chi connectivity index (χ0v) is 43.2. The van der Waals surface area contributed by atoms with Gasteiger partial charge in [-0.05, 0) is 159 Å². The molecule has 2 aliphatic heterocycles. The highest BCUT2D eigenvalue weighted by atomic mass is 15.2. The van der Waals surface area contributed by atoms with E-state index in [0.717, 1.165) is 39.4 Å². The third-order valence-electron chi connectivity index (χ3n) is 17.3. The topological polar surface area (TPSA) is 6.48 Å². The van der Waals surface area contributed by atoms with Gasteiger partial charge >= 0.3 is 0 Å². The van der Waals surface area contributed by atoms with Crippen molar-refractivity contribution in [3.63, 3.8) is 0 Å². The predicted molar refractivity (Wildman–Crippen MR) is 322 cm³/mol. The van der Waals surface area contributed by atoms with Crippen LogP contribution in [0.3, 0.4) is 0 Å². The van der Waals surface area contributed by atoms with Gasteiger partial charge in [0.2, 0.25) is 0 Å². The molecule has 0 aromatic heterocycles. The molecule has 2 nitrogen and oxygen atoms in total. The summed E-state index contributed by atoms with van der Waals surface area (Å²) in [4.78, 5) is 4.96. The van der Waals surface area contributed by atoms with Gasteiger partial charge in [-0.25, -0.2) is 0 Å². The summed E-state index contributed by atoms with van der Waals surface area (Å²) >= 11 is 0. The molecule has 2 heteroatoms. The lowest BCUT2D eigenvalue weighted by molar-refractivity contribution is 0.632. The molecule has 0 spiro atoms. The van der Waals surface area contributed by atoms with Gasteiger partial charge in [0.1, 0.15) is 0 Å². The van der Waals surface area contributed by atoms with Crippen molar-refractivity contribution in [1.29, 1.82) is 0 Å². The summed E-state index contributed by atoms with van der Waals surface area (Å²) in [5.41, 5.74) is 25.2. The maximum absolute atomic E-state index is 4.65. The molecule has 2 heterocycles. The van der Waals surface area contributed by atoms with Crippen LogP contribution in [-0.2, 0) is 10.8 Å². The first-order chi connectivity index (χ1) is 37.2. The van der Waals surface area contributed by atoms with Crippen LogP contribution in [0, 0.1) is 0 Å². The minimum absolute atomic E-state index is 0.144. The highest BCUT2D eigenvalue weighted by molar-refractivity contribution is 6.25. The van der Waals surface area contributed by atoms with Gasteiger partial charge in [-0.15, -0.1) is 0 Å². The number of hydrogen-bond acceptors (Lipinski definition) is 2. The molecule has 0 saturated heterocycles. The van der Waals surface area contributed by atoms with Crippen LogP contribution in [0.2, 0.25) is 0 Å². The number of nitrogens with zero attached hydrogens (tertiary/aromatic N) is 2. The van der Waals surface area contributed by atoms with E-state index in [0.29, 0.717) is 0 Å². The average molecular weight is 971 g/mol. The van der Waals surface area contributed by atoms with Gasteiger partial charge in [-0.2, -0.15) is 0 Å². The molecule has 76 heavy (non-hydrogen) atoms. The van der Waals surface area contributed by atoms with Crippen LogP contribution in [0.25, 0.3) is 82.4 Å². The van der Waals surface area contributed by atoms with Crippen LogP contribution in [0.15, 0.2) is 249 Å². The van der Waals surface area contributed by atoms with Crippen molar-refractivity contribution in [2.75, 3.05) is 9.80 Å². The van der Waals surface area contributed by atoms with Crippen molar-refractivity contribution in [3.05, 3.63) is 283 Å². The monoisotopic (exact) mass is 970 g/mol. The largest absolute Gasteiger partial charge is 0.310 e. The summed E-state index contributed by atoms with van der Waals surface area (Å²) in [6.07, 6.45) is 0. The molecular weight excluding hydrogens is 917 g/mol. The van der Waals surface area contributed by atoms with E-state index in [4.69, 9.17) is 0 Å². The summed E-state index contributed by atoms with van der Waals surface area (Å²) < 4.78 is 0. The molecule has 12 aromatic carbocycles. The van der Waals surface area contributed by atoms with E-state index < -0.39 is 0 Å². The van der Waals surface area contributed by atoms with Crippen molar-refractivity contribution >= 4 is 72.0 Å². The van der Waals surface area contributed by atoms with Crippen molar-refractivity contribution in [2.24, 2.45) is 0 Å². The van der Waals surface area contributed by atoms with Crippen molar-refractivity contribution in [1.82, 2.24) is 0 Å². The highest BCUT2D eigenvalue weighted by Crippen LogP contribution is 2.56. The lowest BCUT2D eigenvalue weighted by Gasteiger charge is -2.42. The van der Waals surface area contributed by atoms with Crippen LogP contribution < -0.4 is 9.80 Å². The normalized spacial score (nSPS) is 14.5. The molecule has 0 atom stereocenters. The molecule has 0 unspecified atom stereocenters. The van der Waals surface area contributed by atoms with Crippen LogP contribution in [-0.4, -0.2) is 0 Å². The number of fused-ring (bicyclic) bond motifs is 10. The molecule has 3 aliphatic rings. The smallest absolute Gasteiger partial charge is 0.0540 e. The second kappa shape index (κ2) is 16.4. The predicted octanol–water partition coefficient (Wildman–Crippen LogP) is 20.4. The van der Waals surface area contributed by atoms with Gasteiger partial charge in [-0.3, -0.25) is 0 Å². The third-order valence-corrected chi connectivity index (χ3v) is 17.3. The van der Waals surface area contributed by atoms with E-state index in [2.05, 4.69) is 287 Å². The van der Waals surface area contributed by atoms with Gasteiger partial charge in [0.05, 0.1) is 22.7 Å². The van der Waals surface area contributed by atoms with Crippen molar-refractivity contribution in [3.8, 4) is 44.5 Å². The Morgan fingerprint density at radius 1 is 0.289 bits per heavy atom. The first kappa shape index (κ1) is 44.3. The van der Waals surface area contributed by atoms with Gasteiger partial charge in [0, 0.05) is 33.3 Å². The Morgan fingerprint density at radius 3 is 1.36 bits per heavy atom. The molecule has 0 fully saturated rings. The molecule has 15 rings (SSSR count). The Morgan fingerprint density at radius 2 is 0.724 bits per heavy atom. The molecule has 0 saturated carbocycles. The Labute approximate surface area is 445 Å². The van der Waals surface area contributed by atoms with Gasteiger partial charge in [-0.1, -0.05) is 222 Å². The van der Waals surface area contributed by atoms with E-state index in [-0.39, 0.29) is 10.8 Å². The fraction of sp³-hybridized carbons (Fsp3) is 0.0811. The lowest BCUT2D eigenvalue weighted by atomic mass is 9.73. The van der Waals surface area contributed by atoms with E-state index in [1.165, 1.54) is 110 Å². The zero-order chi connectivity index (χ0) is 51.0. The second-order valence-electron chi connectivity index (χ2n) is 22.1. The molecule has 0 amide bonds. The molecule has 1 aliphatic carbocycles. The summed E-state index contributed by atoms with van der Waals surface area (Å²) in [5.74, 6) is 0. The molecule has 360 valence electrons. The number of anilines is 6. The Hall–Kier alpha value is -9.24. The SMILES string of the molecule is C=C1c2ccccc2N(c2ccc3c(-c4ccccc4-c4ccc5c(c4)C(C)(C)c4ccccc4-5)c4cc(N5c6ccccc6C(C)(C)c6ccccc65)ccc4c(-c4cccc5ccccc45)c3c2)c2ccccc21. The summed E-state index contributed by atoms with van der Waals surface area (Å²) in [6.45, 7) is 14.1. The zero-order valence-electron chi connectivity index (χ0n) is 43.2. The minimum atomic E-state index is -0.186. The average Bonchev–Trinajstić information content (AvgIpc) is 3.83. The molecule has 12 aromatic rings. The number of rotatable bonds is 5. The maximum atomic E-state index is 4.65. The first-order valence-electron chi connectivity index (χ1n) is 26.7. The number of hydrogen-bond donors (Lipinski definition) is 0. The van der Waals surface area contributed by atoms with Crippen molar-refractivity contribution < 1.29 is 0 Å². The molecule has 0 bridgehead atoms. The van der Waals surface area contributed by atoms with Crippen LogP contribution in [0.1, 0.15) is 61.1 Å². The van der Waals surface area contributed by atoms with E-state index in [1.54, 1.807) is 0 Å². The fourth-order valence-electron chi connectivity index (χ4n) is 13.7. The van der Waals surface area contributed by atoms with Gasteiger partial charge < -0.3 is 9.80 Å². The summed E-state index contributed by atoms with van der Waals surface area (Å²) in [7, 11) is 0. The van der Waals surface area contributed by atoms with Gasteiger partial charge in [0.25, 0.3) is 0 Å². The molecule has 0 radical (unpaired) electrons. The summed E-state index contributed by atoms with van der Waals surface area (Å²) in [6, 6.07) is 91.0. The standard InChI is InChI=1S/C74H54N2/c1-46-51-23-11-16-33-67(51)75(68-34-17-12-24-52(46)68)49-38-41-59-61(44-49)72(58-29-20-22-47-21-6-7-25-53(47)58)60-42-39-50(76-69-35-18-14-31-64(69)74(4,5)65-32-15-19-36-70(65)76)45-62(60)71(59)57-28-9-8-26-54(57)48-37-40-56-55-27-10-13-30-63(55)73(2,3)66(56)43-48/h6-45H,1H2,2-5H3. The Bertz CT molecular complexity index is 4350. The minimum Gasteiger partial charge on any atom is -0.310 e. The number of benzene rings is 12. The van der Waals surface area contributed by atoms with E-state index in [1.807, 2.05) is 0 Å². The van der Waals surface area contributed by atoms with Crippen molar-refractivity contribution in [2.45, 2.75) is 38.5 Å². The third kappa shape index (κ3) is 6.28. The first-order valence-corrected chi connectivity index (χ1v) is 26.7. The quantitative estimate of drug-likeness (QED) is 0.159. The number of para-hydroxylation sites is 4.